The zero-order valence-corrected chi connectivity index (χ0v) is 11.8. The lowest BCUT2D eigenvalue weighted by Gasteiger charge is -2.45. The highest BCUT2D eigenvalue weighted by Crippen LogP contribution is 2.34. The van der Waals surface area contributed by atoms with Crippen molar-refractivity contribution in [3.05, 3.63) is 35.9 Å². The molecule has 1 aromatic carbocycles. The second-order valence-electron chi connectivity index (χ2n) is 4.84. The van der Waals surface area contributed by atoms with Crippen LogP contribution in [0.5, 0.6) is 0 Å². The van der Waals surface area contributed by atoms with E-state index < -0.39 is 37.0 Å². The zero-order chi connectivity index (χ0) is 14.1. The minimum Gasteiger partial charge on any atom is -0.387 e. The van der Waals surface area contributed by atoms with E-state index in [4.69, 9.17) is 18.7 Å². The molecule has 2 aliphatic rings. The fourth-order valence-electron chi connectivity index (χ4n) is 2.47. The SMILES string of the molecule is OC1C(O)[C@H]2OC(c3ccccc3)OCC2O[C@H]1OP. The van der Waals surface area contributed by atoms with Crippen LogP contribution in [0.4, 0.5) is 0 Å². The van der Waals surface area contributed by atoms with Crippen molar-refractivity contribution in [2.45, 2.75) is 37.0 Å². The van der Waals surface area contributed by atoms with Crippen molar-refractivity contribution >= 4 is 9.47 Å². The summed E-state index contributed by atoms with van der Waals surface area (Å²) in [4.78, 5) is 0. The average molecular weight is 300 g/mol. The molecular formula is C13H17O6P. The second-order valence-corrected chi connectivity index (χ2v) is 5.11. The molecule has 6 nitrogen and oxygen atoms in total. The highest BCUT2D eigenvalue weighted by atomic mass is 31.0. The minimum absolute atomic E-state index is 0.262. The maximum absolute atomic E-state index is 10.1. The lowest BCUT2D eigenvalue weighted by atomic mass is 9.98. The lowest BCUT2D eigenvalue weighted by molar-refractivity contribution is -0.348. The maximum Gasteiger partial charge on any atom is 0.189 e. The fourth-order valence-corrected chi connectivity index (χ4v) is 2.69. The van der Waals surface area contributed by atoms with Gasteiger partial charge in [0.05, 0.1) is 6.61 Å². The minimum atomic E-state index is -1.16. The quantitative estimate of drug-likeness (QED) is 0.768. The van der Waals surface area contributed by atoms with Gasteiger partial charge < -0.3 is 28.9 Å². The van der Waals surface area contributed by atoms with Crippen molar-refractivity contribution in [1.82, 2.24) is 0 Å². The molecule has 0 spiro atoms. The van der Waals surface area contributed by atoms with Crippen molar-refractivity contribution in [3.63, 3.8) is 0 Å². The first kappa shape index (κ1) is 14.4. The summed E-state index contributed by atoms with van der Waals surface area (Å²) in [5.74, 6) is 0. The molecular weight excluding hydrogens is 283 g/mol. The van der Waals surface area contributed by atoms with Crippen LogP contribution in [0.3, 0.4) is 0 Å². The summed E-state index contributed by atoms with van der Waals surface area (Å²) in [5, 5.41) is 20.0. The van der Waals surface area contributed by atoms with E-state index >= 15 is 0 Å². The molecule has 2 saturated heterocycles. The summed E-state index contributed by atoms with van der Waals surface area (Å²) >= 11 is 0. The van der Waals surface area contributed by atoms with Gasteiger partial charge in [-0.25, -0.2) is 0 Å². The molecule has 0 bridgehead atoms. The van der Waals surface area contributed by atoms with Crippen LogP contribution in [-0.4, -0.2) is 47.5 Å². The standard InChI is InChI=1S/C13H17O6P/c14-9-10(15)13(19-20)17-8-6-16-12(18-11(8)9)7-4-2-1-3-5-7/h1-5,8-15H,6,20H2/t8?,9?,10?,11-,12?,13-/m0/s1. The molecule has 0 amide bonds. The lowest BCUT2D eigenvalue weighted by Crippen LogP contribution is -2.61. The van der Waals surface area contributed by atoms with Crippen molar-refractivity contribution < 1.29 is 28.9 Å². The van der Waals surface area contributed by atoms with Crippen molar-refractivity contribution in [3.8, 4) is 0 Å². The van der Waals surface area contributed by atoms with Crippen LogP contribution in [-0.2, 0) is 18.7 Å². The third kappa shape index (κ3) is 2.61. The van der Waals surface area contributed by atoms with Gasteiger partial charge in [-0.05, 0) is 0 Å². The van der Waals surface area contributed by atoms with E-state index in [9.17, 15) is 10.2 Å². The molecule has 20 heavy (non-hydrogen) atoms. The molecule has 2 N–H and O–H groups in total. The van der Waals surface area contributed by atoms with E-state index in [1.165, 1.54) is 0 Å². The first-order valence-electron chi connectivity index (χ1n) is 6.40. The predicted molar refractivity (Wildman–Crippen MR) is 71.5 cm³/mol. The Hall–Kier alpha value is -0.590. The summed E-state index contributed by atoms with van der Waals surface area (Å²) in [5.41, 5.74) is 0.858. The Morgan fingerprint density at radius 3 is 2.55 bits per heavy atom. The van der Waals surface area contributed by atoms with Crippen LogP contribution in [0, 0.1) is 0 Å². The topological polar surface area (TPSA) is 77.4 Å². The van der Waals surface area contributed by atoms with Gasteiger partial charge in [0, 0.05) is 15.0 Å². The van der Waals surface area contributed by atoms with E-state index in [1.54, 1.807) is 0 Å². The smallest absolute Gasteiger partial charge is 0.189 e. The van der Waals surface area contributed by atoms with Crippen molar-refractivity contribution in [2.75, 3.05) is 6.61 Å². The van der Waals surface area contributed by atoms with Gasteiger partial charge in [-0.2, -0.15) is 0 Å². The molecule has 2 fully saturated rings. The third-order valence-electron chi connectivity index (χ3n) is 3.54. The molecule has 0 radical (unpaired) electrons. The highest BCUT2D eigenvalue weighted by molar-refractivity contribution is 7.09. The zero-order valence-electron chi connectivity index (χ0n) is 10.7. The van der Waals surface area contributed by atoms with Gasteiger partial charge in [-0.3, -0.25) is 0 Å². The Balaban J connectivity index is 1.74. The van der Waals surface area contributed by atoms with Crippen LogP contribution in [0.15, 0.2) is 30.3 Å². The Bertz CT molecular complexity index is 442. The van der Waals surface area contributed by atoms with Crippen molar-refractivity contribution in [2.24, 2.45) is 0 Å². The molecule has 2 heterocycles. The molecule has 0 saturated carbocycles. The Morgan fingerprint density at radius 2 is 1.85 bits per heavy atom. The van der Waals surface area contributed by atoms with Crippen LogP contribution in [0.2, 0.25) is 0 Å². The molecule has 2 aliphatic heterocycles. The van der Waals surface area contributed by atoms with Crippen molar-refractivity contribution in [1.29, 1.82) is 0 Å². The Labute approximate surface area is 118 Å². The predicted octanol–water partition coefficient (Wildman–Crippen LogP) is 0.354. The normalized spacial score (nSPS) is 41.1. The number of hydrogen-bond donors (Lipinski definition) is 2. The van der Waals surface area contributed by atoms with Crippen LogP contribution in [0.1, 0.15) is 11.9 Å². The monoisotopic (exact) mass is 300 g/mol. The summed E-state index contributed by atoms with van der Waals surface area (Å²) in [6.45, 7) is 0.262. The summed E-state index contributed by atoms with van der Waals surface area (Å²) in [6.07, 6.45) is -4.86. The summed E-state index contributed by atoms with van der Waals surface area (Å²) < 4.78 is 21.8. The van der Waals surface area contributed by atoms with Crippen LogP contribution >= 0.6 is 9.47 Å². The number of fused-ring (bicyclic) bond motifs is 1. The number of hydrogen-bond acceptors (Lipinski definition) is 6. The van der Waals surface area contributed by atoms with E-state index in [-0.39, 0.29) is 6.61 Å². The molecule has 1 aromatic rings. The molecule has 0 aromatic heterocycles. The average Bonchev–Trinajstić information content (AvgIpc) is 2.51. The first-order chi connectivity index (χ1) is 9.70. The van der Waals surface area contributed by atoms with Gasteiger partial charge in [-0.1, -0.05) is 30.3 Å². The van der Waals surface area contributed by atoms with Gasteiger partial charge in [0.1, 0.15) is 24.4 Å². The molecule has 0 aliphatic carbocycles. The Morgan fingerprint density at radius 1 is 1.10 bits per heavy atom. The van der Waals surface area contributed by atoms with E-state index in [2.05, 4.69) is 0 Å². The summed E-state index contributed by atoms with van der Waals surface area (Å²) in [7, 11) is 2.02. The number of benzene rings is 1. The highest BCUT2D eigenvalue weighted by Gasteiger charge is 2.49. The largest absolute Gasteiger partial charge is 0.387 e. The maximum atomic E-state index is 10.1. The van der Waals surface area contributed by atoms with E-state index in [0.29, 0.717) is 0 Å². The van der Waals surface area contributed by atoms with Gasteiger partial charge in [0.25, 0.3) is 0 Å². The molecule has 3 rings (SSSR count). The van der Waals surface area contributed by atoms with Gasteiger partial charge in [0.15, 0.2) is 12.6 Å². The van der Waals surface area contributed by atoms with Gasteiger partial charge in [0.2, 0.25) is 0 Å². The molecule has 110 valence electrons. The third-order valence-corrected chi connectivity index (χ3v) is 3.81. The van der Waals surface area contributed by atoms with Gasteiger partial charge >= 0.3 is 0 Å². The fraction of sp³-hybridized carbons (Fsp3) is 0.538. The van der Waals surface area contributed by atoms with E-state index in [0.717, 1.165) is 5.56 Å². The Kier molecular flexibility index (Phi) is 4.33. The van der Waals surface area contributed by atoms with Crippen LogP contribution in [0.25, 0.3) is 0 Å². The first-order valence-corrected chi connectivity index (χ1v) is 6.87. The van der Waals surface area contributed by atoms with E-state index in [1.807, 2.05) is 39.8 Å². The number of aliphatic hydroxyl groups is 2. The van der Waals surface area contributed by atoms with Gasteiger partial charge in [-0.15, -0.1) is 0 Å². The number of ether oxygens (including phenoxy) is 3. The van der Waals surface area contributed by atoms with Crippen LogP contribution < -0.4 is 0 Å². The second kappa shape index (κ2) is 6.03. The molecule has 5 unspecified atom stereocenters. The number of rotatable bonds is 2. The molecule has 7 heteroatoms. The molecule has 7 atom stereocenters. The summed E-state index contributed by atoms with van der Waals surface area (Å²) in [6, 6.07) is 9.43. The number of aliphatic hydroxyl groups excluding tert-OH is 2.